The summed E-state index contributed by atoms with van der Waals surface area (Å²) in [5.74, 6) is 2.55. The van der Waals surface area contributed by atoms with Gasteiger partial charge in [-0.15, -0.1) is 10.2 Å². The maximum Gasteiger partial charge on any atom is 0.269 e. The third-order valence-electron chi connectivity index (χ3n) is 10.3. The van der Waals surface area contributed by atoms with Crippen molar-refractivity contribution in [2.24, 2.45) is 10.2 Å². The van der Waals surface area contributed by atoms with Gasteiger partial charge in [0.2, 0.25) is 0 Å². The Hall–Kier alpha value is -10.0. The number of aliphatic hydroxyl groups excluding tert-OH is 2. The number of halogens is 1. The van der Waals surface area contributed by atoms with Crippen LogP contribution < -0.4 is 18.9 Å². The van der Waals surface area contributed by atoms with Gasteiger partial charge < -0.3 is 34.3 Å². The van der Waals surface area contributed by atoms with E-state index in [9.17, 15) is 40.5 Å². The van der Waals surface area contributed by atoms with E-state index in [4.69, 9.17) is 45.3 Å². The van der Waals surface area contributed by atoms with Crippen LogP contribution in [-0.4, -0.2) is 117 Å². The van der Waals surface area contributed by atoms with E-state index in [2.05, 4.69) is 63.5 Å². The van der Waals surface area contributed by atoms with Crippen LogP contribution in [0.25, 0.3) is 20.9 Å². The van der Waals surface area contributed by atoms with Crippen molar-refractivity contribution in [3.8, 4) is 28.7 Å². The summed E-state index contributed by atoms with van der Waals surface area (Å²) in [7, 11) is 0. The van der Waals surface area contributed by atoms with E-state index in [0.717, 1.165) is 67.7 Å². The molecule has 0 atom stereocenters. The highest BCUT2D eigenvalue weighted by molar-refractivity contribution is 9.09. The second kappa shape index (κ2) is 47.4. The molecule has 0 saturated carbocycles. The topological polar surface area (TPSA) is 429 Å². The van der Waals surface area contributed by atoms with Crippen LogP contribution in [0.5, 0.6) is 28.7 Å². The Balaban J connectivity index is 0.00000105. The summed E-state index contributed by atoms with van der Waals surface area (Å²) in [6.45, 7) is 8.31. The first kappa shape index (κ1) is 77.0. The normalized spacial score (nSPS) is 9.53. The highest BCUT2D eigenvalue weighted by Crippen LogP contribution is 2.21. The fourth-order valence-electron chi connectivity index (χ4n) is 5.96. The van der Waals surface area contributed by atoms with Crippen molar-refractivity contribution >= 4 is 44.4 Å². The van der Waals surface area contributed by atoms with Crippen LogP contribution in [0.1, 0.15) is 72.2 Å². The number of nitro groups is 4. The Morgan fingerprint density at radius 3 is 1.14 bits per heavy atom. The summed E-state index contributed by atoms with van der Waals surface area (Å²) in [6, 6.07) is 29.8. The molecular weight excluding hydrogens is 1200 g/mol. The highest BCUT2D eigenvalue weighted by atomic mass is 79.9. The number of aromatic hydroxyl groups is 1. The summed E-state index contributed by atoms with van der Waals surface area (Å²) in [5, 5.41) is 90.3. The van der Waals surface area contributed by atoms with Crippen LogP contribution in [0.2, 0.25) is 0 Å². The number of hydrogen-bond acceptors (Lipinski definition) is 21. The summed E-state index contributed by atoms with van der Waals surface area (Å²) < 4.78 is 25.2. The minimum Gasteiger partial charge on any atom is -0.508 e. The molecule has 0 amide bonds. The molecule has 2 heterocycles. The molecule has 7 aromatic rings. The number of hydrogen-bond donors (Lipinski definition) is 3. The molecule has 3 N–H and O–H groups in total. The number of aryl methyl sites for hydroxylation is 4. The standard InChI is InChI=1S/C13H16N6O.C13H16N4O3.C9H10N4O3.C9H11NO4.C6H5NO3.C3H7BrO.2CH4/c1-2-11-10-19(18-16-11)8-3-9-20-13-6-4-12(5-7-13)15-17-14;1-2-11-10-16(15-14-11)8-3-9-20-13-6-4-12(5-7-13)17(18)19;10-12-11-6-1-7-16-9-4-2-8(3-5-9)13(14)15;11-6-1-7-14-9-4-2-8(3-5-9)10(12)13;8-6-3-1-5(2-4-6)7(9)10;4-2-1-3-5;;/h2*4-7,10H,2-3,8-9H2,1H3;2-5H,1,6-7H2;2-5,11H,1,6-7H2;1-4,8H;5H,1-3H2;2*1H4. The number of non-ortho nitro benzene ring substituents is 4. The Kier molecular flexibility index (Phi) is 41.9. The van der Waals surface area contributed by atoms with Crippen LogP contribution in [0.4, 0.5) is 28.4 Å². The number of alkyl halides is 1. The van der Waals surface area contributed by atoms with Gasteiger partial charge in [-0.05, 0) is 110 Å². The van der Waals surface area contributed by atoms with E-state index >= 15 is 0 Å². The molecule has 87 heavy (non-hydrogen) atoms. The van der Waals surface area contributed by atoms with Crippen LogP contribution in [0.15, 0.2) is 144 Å². The molecule has 0 saturated heterocycles. The second-order valence-electron chi connectivity index (χ2n) is 16.6. The molecular formula is C55H73BrN16O15. The molecule has 0 spiro atoms. The molecule has 0 aliphatic heterocycles. The third-order valence-corrected chi connectivity index (χ3v) is 10.9. The zero-order chi connectivity index (χ0) is 62.5. The average Bonchev–Trinajstić information content (AvgIpc) is 4.42. The summed E-state index contributed by atoms with van der Waals surface area (Å²) in [5.41, 5.74) is 19.0. The van der Waals surface area contributed by atoms with E-state index < -0.39 is 19.7 Å². The molecule has 7 rings (SSSR count). The Morgan fingerprint density at radius 1 is 0.517 bits per heavy atom. The zero-order valence-electron chi connectivity index (χ0n) is 46.5. The van der Waals surface area contributed by atoms with E-state index in [1.807, 2.05) is 24.0 Å². The molecule has 31 nitrogen and oxygen atoms in total. The first-order chi connectivity index (χ1) is 41.1. The number of ether oxygens (including phenoxy) is 4. The van der Waals surface area contributed by atoms with Crippen molar-refractivity contribution in [3.05, 3.63) is 206 Å². The maximum absolute atomic E-state index is 10.5. The number of rotatable bonds is 28. The van der Waals surface area contributed by atoms with Crippen LogP contribution in [-0.2, 0) is 25.9 Å². The number of phenolic OH excluding ortho intramolecular Hbond substituents is 1. The Morgan fingerprint density at radius 2 is 0.851 bits per heavy atom. The van der Waals surface area contributed by atoms with Crippen molar-refractivity contribution in [1.82, 2.24) is 30.0 Å². The molecule has 0 fully saturated rings. The predicted molar refractivity (Wildman–Crippen MR) is 329 cm³/mol. The quantitative estimate of drug-likeness (QED) is 0.00780. The first-order valence-electron chi connectivity index (χ1n) is 26.0. The summed E-state index contributed by atoms with van der Waals surface area (Å²) >= 11 is 3.15. The lowest BCUT2D eigenvalue weighted by Crippen LogP contribution is -2.05. The van der Waals surface area contributed by atoms with E-state index in [-0.39, 0.29) is 50.0 Å². The van der Waals surface area contributed by atoms with Crippen molar-refractivity contribution < 1.29 is 54.0 Å². The number of aliphatic hydroxyl groups is 2. The lowest BCUT2D eigenvalue weighted by atomic mass is 10.3. The highest BCUT2D eigenvalue weighted by Gasteiger charge is 2.08. The van der Waals surface area contributed by atoms with Gasteiger partial charge in [0.25, 0.3) is 22.7 Å². The molecule has 2 aromatic heterocycles. The number of nitrogens with zero attached hydrogens (tertiary/aromatic N) is 16. The molecule has 0 aliphatic rings. The van der Waals surface area contributed by atoms with Gasteiger partial charge >= 0.3 is 0 Å². The van der Waals surface area contributed by atoms with E-state index in [1.54, 1.807) is 41.1 Å². The van der Waals surface area contributed by atoms with Gasteiger partial charge in [-0.2, -0.15) is 0 Å². The largest absolute Gasteiger partial charge is 0.508 e. The monoisotopic (exact) mass is 1280 g/mol. The molecule has 0 aliphatic carbocycles. The Bertz CT molecular complexity index is 3000. The first-order valence-corrected chi connectivity index (χ1v) is 27.1. The number of aromatic nitrogens is 6. The van der Waals surface area contributed by atoms with Crippen molar-refractivity contribution in [3.63, 3.8) is 0 Å². The minimum absolute atomic E-state index is 0. The smallest absolute Gasteiger partial charge is 0.269 e. The fraction of sp³-hybridized carbons (Fsp3) is 0.382. The molecule has 5 aromatic carbocycles. The molecule has 0 radical (unpaired) electrons. The van der Waals surface area contributed by atoms with Crippen LogP contribution in [0, 0.1) is 40.5 Å². The lowest BCUT2D eigenvalue weighted by molar-refractivity contribution is -0.385. The summed E-state index contributed by atoms with van der Waals surface area (Å²) in [6.07, 6.45) is 9.32. The third kappa shape index (κ3) is 35.0. The van der Waals surface area contributed by atoms with Crippen molar-refractivity contribution in [2.45, 2.75) is 86.7 Å². The predicted octanol–water partition coefficient (Wildman–Crippen LogP) is 12.8. The average molecular weight is 1280 g/mol. The van der Waals surface area contributed by atoms with Gasteiger partial charge in [-0.3, -0.25) is 49.8 Å². The number of benzene rings is 5. The van der Waals surface area contributed by atoms with E-state index in [1.165, 1.54) is 84.9 Å². The van der Waals surface area contributed by atoms with Crippen LogP contribution in [0.3, 0.4) is 0 Å². The van der Waals surface area contributed by atoms with Gasteiger partial charge in [0.15, 0.2) is 0 Å². The molecule has 0 bridgehead atoms. The van der Waals surface area contributed by atoms with Gasteiger partial charge in [-0.25, -0.2) is 0 Å². The molecule has 0 unspecified atom stereocenters. The van der Waals surface area contributed by atoms with Gasteiger partial charge in [-0.1, -0.05) is 65.3 Å². The van der Waals surface area contributed by atoms with Gasteiger partial charge in [0, 0.05) is 134 Å². The van der Waals surface area contributed by atoms with Gasteiger partial charge in [0.05, 0.1) is 57.5 Å². The van der Waals surface area contributed by atoms with Crippen molar-refractivity contribution in [1.29, 1.82) is 0 Å². The number of nitro benzene ring substituents is 4. The molecule has 32 heteroatoms. The SMILES string of the molecule is C.C.CCc1cn(CCCOc2ccc(N=[N+]=[N-])cc2)nn1.CCc1cn(CCCOc2ccc([N+](=O)[O-])cc2)nn1.O=[N+]([O-])c1ccc(O)cc1.O=[N+]([O-])c1ccc(OCCCO)cc1.OCCCBr.[N-]=[N+]=NCCCOc1ccc([N+](=O)[O-])cc1. The van der Waals surface area contributed by atoms with E-state index in [0.29, 0.717) is 75.4 Å². The number of azide groups is 2. The van der Waals surface area contributed by atoms with Gasteiger partial charge in [0.1, 0.15) is 28.7 Å². The minimum atomic E-state index is -0.514. The molecule has 470 valence electrons. The lowest BCUT2D eigenvalue weighted by Gasteiger charge is -2.06. The maximum atomic E-state index is 10.5. The fourth-order valence-corrected chi connectivity index (χ4v) is 6.22. The van der Waals surface area contributed by atoms with Crippen molar-refractivity contribution in [2.75, 3.05) is 51.5 Å². The number of phenols is 1. The van der Waals surface area contributed by atoms with Crippen LogP contribution >= 0.6 is 15.9 Å². The Labute approximate surface area is 510 Å². The summed E-state index contributed by atoms with van der Waals surface area (Å²) in [4.78, 5) is 44.7. The second-order valence-corrected chi connectivity index (χ2v) is 17.4. The zero-order valence-corrected chi connectivity index (χ0v) is 48.1.